The van der Waals surface area contributed by atoms with Crippen LogP contribution in [0.4, 0.5) is 11.4 Å². The molecule has 1 fully saturated rings. The zero-order valence-electron chi connectivity index (χ0n) is 13.3. The fourth-order valence-corrected chi connectivity index (χ4v) is 3.80. The minimum atomic E-state index is -0.376. The third kappa shape index (κ3) is 3.93. The van der Waals surface area contributed by atoms with E-state index in [1.165, 1.54) is 6.07 Å². The van der Waals surface area contributed by atoms with Crippen molar-refractivity contribution in [2.24, 2.45) is 10.9 Å². The van der Waals surface area contributed by atoms with Gasteiger partial charge in [0, 0.05) is 31.0 Å². The van der Waals surface area contributed by atoms with Gasteiger partial charge < -0.3 is 4.90 Å². The van der Waals surface area contributed by atoms with Gasteiger partial charge in [0.05, 0.1) is 10.6 Å². The second-order valence-electron chi connectivity index (χ2n) is 5.50. The fourth-order valence-electron chi connectivity index (χ4n) is 2.43. The Balaban J connectivity index is 0.00000242. The molecule has 5 nitrogen and oxygen atoms in total. The molecule has 1 aliphatic heterocycles. The van der Waals surface area contributed by atoms with E-state index < -0.39 is 0 Å². The molecule has 0 unspecified atom stereocenters. The molecule has 22 heavy (non-hydrogen) atoms. The molecule has 1 aliphatic rings. The van der Waals surface area contributed by atoms with Crippen LogP contribution < -0.4 is 0 Å². The topological polar surface area (TPSA) is 58.7 Å². The smallest absolute Gasteiger partial charge is 0.269 e. The largest absolute Gasteiger partial charge is 0.350 e. The third-order valence-corrected chi connectivity index (χ3v) is 5.24. The van der Waals surface area contributed by atoms with E-state index in [2.05, 4.69) is 30.8 Å². The number of nitro groups is 1. The number of nitrogens with zero attached hydrogens (tertiary/aromatic N) is 3. The number of hydrogen-bond acceptors (Lipinski definition) is 4. The number of rotatable bonds is 4. The average Bonchev–Trinajstić information content (AvgIpc) is 2.81. The summed E-state index contributed by atoms with van der Waals surface area (Å²) in [6, 6.07) is 5.33. The maximum atomic E-state index is 10.8. The second-order valence-corrected chi connectivity index (χ2v) is 6.48. The molecule has 7 heteroatoms. The Morgan fingerprint density at radius 2 is 2.23 bits per heavy atom. The predicted octanol–water partition coefficient (Wildman–Crippen LogP) is 4.41. The Hall–Kier alpha value is -1.27. The molecule has 122 valence electrons. The molecule has 0 N–H and O–H groups in total. The average molecular weight is 344 g/mol. The number of halogens is 1. The van der Waals surface area contributed by atoms with Gasteiger partial charge in [0.2, 0.25) is 0 Å². The van der Waals surface area contributed by atoms with Gasteiger partial charge in [-0.2, -0.15) is 0 Å². The van der Waals surface area contributed by atoms with Gasteiger partial charge in [0.25, 0.3) is 5.69 Å². The first-order valence-electron chi connectivity index (χ1n) is 7.13. The van der Waals surface area contributed by atoms with Crippen LogP contribution in [0.5, 0.6) is 0 Å². The van der Waals surface area contributed by atoms with E-state index in [4.69, 9.17) is 0 Å². The van der Waals surface area contributed by atoms with Gasteiger partial charge >= 0.3 is 0 Å². The normalized spacial score (nSPS) is 20.8. The van der Waals surface area contributed by atoms with Crippen LogP contribution in [0.1, 0.15) is 25.8 Å². The van der Waals surface area contributed by atoms with Crippen molar-refractivity contribution in [1.29, 1.82) is 0 Å². The van der Waals surface area contributed by atoms with Crippen molar-refractivity contribution < 1.29 is 4.92 Å². The van der Waals surface area contributed by atoms with Crippen LogP contribution in [-0.4, -0.2) is 33.8 Å². The van der Waals surface area contributed by atoms with E-state index in [0.717, 1.165) is 28.6 Å². The molecule has 0 radical (unpaired) electrons. The van der Waals surface area contributed by atoms with Gasteiger partial charge in [0.15, 0.2) is 5.17 Å². The quantitative estimate of drug-likeness (QED) is 0.600. The Morgan fingerprint density at radius 1 is 1.55 bits per heavy atom. The van der Waals surface area contributed by atoms with Crippen molar-refractivity contribution >= 4 is 40.7 Å². The maximum Gasteiger partial charge on any atom is 0.269 e. The van der Waals surface area contributed by atoms with Crippen molar-refractivity contribution in [2.45, 2.75) is 33.2 Å². The first-order valence-corrected chi connectivity index (χ1v) is 8.12. The van der Waals surface area contributed by atoms with E-state index >= 15 is 0 Å². The van der Waals surface area contributed by atoms with E-state index in [1.54, 1.807) is 23.9 Å². The van der Waals surface area contributed by atoms with Crippen molar-refractivity contribution in [1.82, 2.24) is 4.90 Å². The van der Waals surface area contributed by atoms with Crippen LogP contribution >= 0.6 is 24.2 Å². The summed E-state index contributed by atoms with van der Waals surface area (Å²) in [5.74, 6) is 1.68. The molecule has 2 atom stereocenters. The molecule has 2 rings (SSSR count). The van der Waals surface area contributed by atoms with Crippen LogP contribution in [0, 0.1) is 23.0 Å². The first-order chi connectivity index (χ1) is 9.93. The van der Waals surface area contributed by atoms with Gasteiger partial charge in [0.1, 0.15) is 0 Å². The number of non-ortho nitro benzene ring substituents is 1. The number of thioether (sulfide) groups is 1. The van der Waals surface area contributed by atoms with Crippen LogP contribution in [0.15, 0.2) is 23.2 Å². The lowest BCUT2D eigenvalue weighted by Crippen LogP contribution is -2.34. The molecule has 0 spiro atoms. The van der Waals surface area contributed by atoms with Crippen molar-refractivity contribution in [3.63, 3.8) is 0 Å². The molecule has 1 aromatic carbocycles. The molecule has 0 amide bonds. The van der Waals surface area contributed by atoms with E-state index in [1.807, 2.05) is 6.92 Å². The molecular formula is C15H22ClN3O2S. The molecule has 1 aromatic rings. The van der Waals surface area contributed by atoms with Crippen LogP contribution in [0.2, 0.25) is 0 Å². The molecule has 1 saturated heterocycles. The molecular weight excluding hydrogens is 322 g/mol. The highest BCUT2D eigenvalue weighted by Gasteiger charge is 2.30. The third-order valence-electron chi connectivity index (χ3n) is 4.09. The number of nitro benzene ring substituents is 1. The summed E-state index contributed by atoms with van der Waals surface area (Å²) < 4.78 is 0. The number of amidine groups is 1. The highest BCUT2D eigenvalue weighted by molar-refractivity contribution is 8.14. The summed E-state index contributed by atoms with van der Waals surface area (Å²) in [5, 5.41) is 11.8. The summed E-state index contributed by atoms with van der Waals surface area (Å²) in [7, 11) is 2.08. The molecule has 0 bridgehead atoms. The molecule has 0 saturated carbocycles. The number of aliphatic imine (C=N–C) groups is 1. The number of benzene rings is 1. The SMILES string of the molecule is CC[C@H](C)[C@H]1CSC(=Nc2ccc([N+](=O)[O-])cc2C)N1C.Cl. The zero-order valence-corrected chi connectivity index (χ0v) is 14.9. The first kappa shape index (κ1) is 18.8. The maximum absolute atomic E-state index is 10.8. The molecule has 0 aliphatic carbocycles. The standard InChI is InChI=1S/C15H21N3O2S.ClH/c1-5-10(2)14-9-21-15(17(14)4)16-13-7-6-12(18(19)20)8-11(13)3;/h6-8,10,14H,5,9H2,1-4H3;1H/t10-,14+;/m0./s1. The van der Waals surface area contributed by atoms with Gasteiger partial charge in [-0.3, -0.25) is 10.1 Å². The zero-order chi connectivity index (χ0) is 15.6. The lowest BCUT2D eigenvalue weighted by molar-refractivity contribution is -0.384. The van der Waals surface area contributed by atoms with Crippen molar-refractivity contribution in [3.05, 3.63) is 33.9 Å². The predicted molar refractivity (Wildman–Crippen MR) is 95.6 cm³/mol. The molecule has 0 aromatic heterocycles. The lowest BCUT2D eigenvalue weighted by Gasteiger charge is -2.25. The van der Waals surface area contributed by atoms with Gasteiger partial charge in [-0.15, -0.1) is 12.4 Å². The highest BCUT2D eigenvalue weighted by Crippen LogP contribution is 2.32. The van der Waals surface area contributed by atoms with Crippen molar-refractivity contribution in [2.75, 3.05) is 12.8 Å². The highest BCUT2D eigenvalue weighted by atomic mass is 35.5. The van der Waals surface area contributed by atoms with Crippen LogP contribution in [0.3, 0.4) is 0 Å². The van der Waals surface area contributed by atoms with E-state index in [-0.39, 0.29) is 23.0 Å². The fraction of sp³-hybridized carbons (Fsp3) is 0.533. The van der Waals surface area contributed by atoms with Crippen molar-refractivity contribution in [3.8, 4) is 0 Å². The second kappa shape index (κ2) is 7.83. The van der Waals surface area contributed by atoms with Gasteiger partial charge in [-0.25, -0.2) is 4.99 Å². The Morgan fingerprint density at radius 3 is 2.77 bits per heavy atom. The minimum Gasteiger partial charge on any atom is -0.350 e. The summed E-state index contributed by atoms with van der Waals surface area (Å²) >= 11 is 1.76. The Bertz CT molecular complexity index is 580. The van der Waals surface area contributed by atoms with E-state index in [0.29, 0.717) is 12.0 Å². The van der Waals surface area contributed by atoms with Crippen LogP contribution in [-0.2, 0) is 0 Å². The number of hydrogen-bond donors (Lipinski definition) is 0. The summed E-state index contributed by atoms with van der Waals surface area (Å²) in [4.78, 5) is 17.3. The van der Waals surface area contributed by atoms with Gasteiger partial charge in [-0.1, -0.05) is 32.0 Å². The lowest BCUT2D eigenvalue weighted by atomic mass is 10.0. The Labute approximate surface area is 141 Å². The minimum absolute atomic E-state index is 0. The Kier molecular flexibility index (Phi) is 6.68. The monoisotopic (exact) mass is 343 g/mol. The molecule has 1 heterocycles. The van der Waals surface area contributed by atoms with E-state index in [9.17, 15) is 10.1 Å². The summed E-state index contributed by atoms with van der Waals surface area (Å²) in [6.45, 7) is 6.33. The van der Waals surface area contributed by atoms with Crippen LogP contribution in [0.25, 0.3) is 0 Å². The van der Waals surface area contributed by atoms with Gasteiger partial charge in [-0.05, 0) is 24.5 Å². The summed E-state index contributed by atoms with van der Waals surface area (Å²) in [6.07, 6.45) is 1.15. The summed E-state index contributed by atoms with van der Waals surface area (Å²) in [5.41, 5.74) is 1.75. The number of aryl methyl sites for hydroxylation is 1.